The van der Waals surface area contributed by atoms with Gasteiger partial charge < -0.3 is 19.7 Å². The lowest BCUT2D eigenvalue weighted by Gasteiger charge is -2.29. The molecule has 0 spiro atoms. The van der Waals surface area contributed by atoms with Gasteiger partial charge >= 0.3 is 5.97 Å². The smallest absolute Gasteiger partial charge is 0.325 e. The van der Waals surface area contributed by atoms with E-state index < -0.39 is 0 Å². The highest BCUT2D eigenvalue weighted by molar-refractivity contribution is 5.83. The summed E-state index contributed by atoms with van der Waals surface area (Å²) in [6, 6.07) is 0. The molecule has 0 aliphatic carbocycles. The molecule has 0 bridgehead atoms. The zero-order chi connectivity index (χ0) is 14.8. The second-order valence-corrected chi connectivity index (χ2v) is 4.64. The fourth-order valence-electron chi connectivity index (χ4n) is 2.02. The van der Waals surface area contributed by atoms with Crippen LogP contribution in [0.15, 0.2) is 0 Å². The Hall–Kier alpha value is -1.18. The van der Waals surface area contributed by atoms with Crippen LogP contribution >= 0.6 is 0 Å². The van der Waals surface area contributed by atoms with Crippen molar-refractivity contribution in [3.63, 3.8) is 0 Å². The molecular formula is C13H25N3O4. The maximum absolute atomic E-state index is 12.3. The van der Waals surface area contributed by atoms with Crippen LogP contribution in [-0.4, -0.2) is 87.8 Å². The molecule has 20 heavy (non-hydrogen) atoms. The minimum Gasteiger partial charge on any atom is -0.465 e. The first-order valence-corrected chi connectivity index (χ1v) is 7.02. The van der Waals surface area contributed by atoms with Crippen LogP contribution in [0.1, 0.15) is 6.92 Å². The van der Waals surface area contributed by atoms with Crippen molar-refractivity contribution >= 4 is 11.9 Å². The number of amides is 1. The van der Waals surface area contributed by atoms with Crippen LogP contribution in [-0.2, 0) is 19.1 Å². The standard InChI is InChI=1S/C13H25N3O4/c1-3-20-13(18)11-16(8-9-19-2)12(17)10-15-6-4-14-5-7-15/h14H,3-11H2,1-2H3. The fraction of sp³-hybridized carbons (Fsp3) is 0.846. The van der Waals surface area contributed by atoms with Gasteiger partial charge in [-0.15, -0.1) is 0 Å². The van der Waals surface area contributed by atoms with Crippen molar-refractivity contribution in [2.45, 2.75) is 6.92 Å². The molecule has 1 rings (SSSR count). The quantitative estimate of drug-likeness (QED) is 0.573. The van der Waals surface area contributed by atoms with Gasteiger partial charge in [0.2, 0.25) is 5.91 Å². The summed E-state index contributed by atoms with van der Waals surface area (Å²) in [6.45, 7) is 6.70. The van der Waals surface area contributed by atoms with Gasteiger partial charge in [0.1, 0.15) is 6.54 Å². The minimum absolute atomic E-state index is 0.0118. The van der Waals surface area contributed by atoms with Crippen molar-refractivity contribution in [1.29, 1.82) is 0 Å². The number of hydrogen-bond acceptors (Lipinski definition) is 6. The number of carbonyl (C=O) groups excluding carboxylic acids is 2. The van der Waals surface area contributed by atoms with Gasteiger partial charge in [0.05, 0.1) is 19.8 Å². The zero-order valence-corrected chi connectivity index (χ0v) is 12.4. The van der Waals surface area contributed by atoms with E-state index in [-0.39, 0.29) is 18.4 Å². The summed E-state index contributed by atoms with van der Waals surface area (Å²) in [5, 5.41) is 3.24. The second-order valence-electron chi connectivity index (χ2n) is 4.64. The molecule has 0 aromatic rings. The number of nitrogens with zero attached hydrogens (tertiary/aromatic N) is 2. The van der Waals surface area contributed by atoms with Crippen molar-refractivity contribution in [2.75, 3.05) is 66.1 Å². The first-order chi connectivity index (χ1) is 9.67. The third-order valence-corrected chi connectivity index (χ3v) is 3.11. The minimum atomic E-state index is -0.378. The average molecular weight is 287 g/mol. The Morgan fingerprint density at radius 2 is 2.00 bits per heavy atom. The van der Waals surface area contributed by atoms with Gasteiger partial charge in [-0.05, 0) is 6.92 Å². The molecule has 7 heteroatoms. The summed E-state index contributed by atoms with van der Waals surface area (Å²) >= 11 is 0. The number of nitrogens with one attached hydrogen (secondary N) is 1. The predicted molar refractivity (Wildman–Crippen MR) is 74.4 cm³/mol. The Kier molecular flexibility index (Phi) is 8.17. The molecular weight excluding hydrogens is 262 g/mol. The Morgan fingerprint density at radius 1 is 1.30 bits per heavy atom. The molecule has 1 amide bonds. The lowest BCUT2D eigenvalue weighted by atomic mass is 10.3. The molecule has 0 radical (unpaired) electrons. The first kappa shape index (κ1) is 16.9. The van der Waals surface area contributed by atoms with E-state index in [2.05, 4.69) is 10.2 Å². The lowest BCUT2D eigenvalue weighted by molar-refractivity contribution is -0.149. The summed E-state index contributed by atoms with van der Waals surface area (Å²) in [5.41, 5.74) is 0. The maximum atomic E-state index is 12.3. The van der Waals surface area contributed by atoms with Gasteiger partial charge in [0.15, 0.2) is 0 Å². The molecule has 0 unspecified atom stereocenters. The number of esters is 1. The Bertz CT molecular complexity index is 306. The highest BCUT2D eigenvalue weighted by atomic mass is 16.5. The number of rotatable bonds is 8. The van der Waals surface area contributed by atoms with Crippen LogP contribution < -0.4 is 5.32 Å². The van der Waals surface area contributed by atoms with Crippen molar-refractivity contribution < 1.29 is 19.1 Å². The maximum Gasteiger partial charge on any atom is 0.325 e. The van der Waals surface area contributed by atoms with E-state index in [1.54, 1.807) is 14.0 Å². The third-order valence-electron chi connectivity index (χ3n) is 3.11. The molecule has 1 aliphatic heterocycles. The number of carbonyl (C=O) groups is 2. The van der Waals surface area contributed by atoms with Crippen LogP contribution in [0.25, 0.3) is 0 Å². The molecule has 0 atom stereocenters. The molecule has 1 aliphatic rings. The van der Waals surface area contributed by atoms with E-state index in [9.17, 15) is 9.59 Å². The van der Waals surface area contributed by atoms with Crippen LogP contribution in [0.4, 0.5) is 0 Å². The molecule has 116 valence electrons. The molecule has 1 fully saturated rings. The van der Waals surface area contributed by atoms with Gasteiger partial charge in [0.25, 0.3) is 0 Å². The van der Waals surface area contributed by atoms with Gasteiger partial charge in [-0.2, -0.15) is 0 Å². The second kappa shape index (κ2) is 9.68. The first-order valence-electron chi connectivity index (χ1n) is 7.02. The molecule has 0 aromatic carbocycles. The SMILES string of the molecule is CCOC(=O)CN(CCOC)C(=O)CN1CCNCC1. The van der Waals surface area contributed by atoms with Crippen LogP contribution in [0.3, 0.4) is 0 Å². The van der Waals surface area contributed by atoms with E-state index >= 15 is 0 Å². The summed E-state index contributed by atoms with van der Waals surface area (Å²) < 4.78 is 9.88. The van der Waals surface area contributed by atoms with Crippen molar-refractivity contribution in [2.24, 2.45) is 0 Å². The predicted octanol–water partition coefficient (Wildman–Crippen LogP) is -1.07. The monoisotopic (exact) mass is 287 g/mol. The van der Waals surface area contributed by atoms with Crippen LogP contribution in [0.5, 0.6) is 0 Å². The van der Waals surface area contributed by atoms with E-state index in [1.807, 2.05) is 0 Å². The summed E-state index contributed by atoms with van der Waals surface area (Å²) in [5.74, 6) is -0.436. The molecule has 0 aromatic heterocycles. The van der Waals surface area contributed by atoms with E-state index in [4.69, 9.17) is 9.47 Å². The lowest BCUT2D eigenvalue weighted by Crippen LogP contribution is -2.49. The van der Waals surface area contributed by atoms with Gasteiger partial charge in [0, 0.05) is 39.8 Å². The summed E-state index contributed by atoms with van der Waals surface area (Å²) in [4.78, 5) is 27.4. The highest BCUT2D eigenvalue weighted by Gasteiger charge is 2.21. The normalized spacial score (nSPS) is 15.9. The van der Waals surface area contributed by atoms with Crippen LogP contribution in [0.2, 0.25) is 0 Å². The number of piperazine rings is 1. The van der Waals surface area contributed by atoms with Gasteiger partial charge in [-0.3, -0.25) is 14.5 Å². The van der Waals surface area contributed by atoms with E-state index in [0.29, 0.717) is 26.3 Å². The van der Waals surface area contributed by atoms with Crippen molar-refractivity contribution in [3.8, 4) is 0 Å². The van der Waals surface area contributed by atoms with E-state index in [1.165, 1.54) is 4.90 Å². The number of ether oxygens (including phenoxy) is 2. The molecule has 1 saturated heterocycles. The fourth-order valence-corrected chi connectivity index (χ4v) is 2.02. The Morgan fingerprint density at radius 3 is 2.60 bits per heavy atom. The molecule has 1 heterocycles. The topological polar surface area (TPSA) is 71.1 Å². The third kappa shape index (κ3) is 6.31. The average Bonchev–Trinajstić information content (AvgIpc) is 2.44. The zero-order valence-electron chi connectivity index (χ0n) is 12.4. The van der Waals surface area contributed by atoms with Crippen molar-refractivity contribution in [1.82, 2.24) is 15.1 Å². The molecule has 0 saturated carbocycles. The van der Waals surface area contributed by atoms with Gasteiger partial charge in [-0.1, -0.05) is 0 Å². The van der Waals surface area contributed by atoms with E-state index in [0.717, 1.165) is 26.2 Å². The largest absolute Gasteiger partial charge is 0.465 e. The number of methoxy groups -OCH3 is 1. The number of hydrogen-bond donors (Lipinski definition) is 1. The Balaban J connectivity index is 2.46. The highest BCUT2D eigenvalue weighted by Crippen LogP contribution is 1.98. The Labute approximate surface area is 120 Å². The van der Waals surface area contributed by atoms with Gasteiger partial charge in [-0.25, -0.2) is 0 Å². The van der Waals surface area contributed by atoms with Crippen molar-refractivity contribution in [3.05, 3.63) is 0 Å². The molecule has 1 N–H and O–H groups in total. The molecule has 7 nitrogen and oxygen atoms in total. The summed E-state index contributed by atoms with van der Waals surface area (Å²) in [6.07, 6.45) is 0. The van der Waals surface area contributed by atoms with Crippen LogP contribution in [0, 0.1) is 0 Å². The summed E-state index contributed by atoms with van der Waals surface area (Å²) in [7, 11) is 1.57.